The molecule has 4 heteroatoms. The number of carbonyl (C=O) groups is 1. The quantitative estimate of drug-likeness (QED) is 0.707. The van der Waals surface area contributed by atoms with Crippen molar-refractivity contribution in [1.29, 1.82) is 5.26 Å². The predicted molar refractivity (Wildman–Crippen MR) is 72.5 cm³/mol. The Morgan fingerprint density at radius 2 is 1.84 bits per heavy atom. The zero-order chi connectivity index (χ0) is 14.3. The van der Waals surface area contributed by atoms with Gasteiger partial charge >= 0.3 is 0 Å². The molecule has 102 valence electrons. The number of nitrogens with zero attached hydrogens (tertiary/aromatic N) is 1. The smallest absolute Gasteiger partial charge is 0.180 e. The van der Waals surface area contributed by atoms with E-state index in [1.165, 1.54) is 0 Å². The Labute approximate surface area is 113 Å². The van der Waals surface area contributed by atoms with Crippen LogP contribution in [0.25, 0.3) is 0 Å². The monoisotopic (exact) mass is 261 g/mol. The highest BCUT2D eigenvalue weighted by atomic mass is 16.5. The van der Waals surface area contributed by atoms with Gasteiger partial charge in [0, 0.05) is 5.56 Å². The topological polar surface area (TPSA) is 59.3 Å². The second-order valence-corrected chi connectivity index (χ2v) is 3.98. The third-order valence-corrected chi connectivity index (χ3v) is 2.71. The minimum absolute atomic E-state index is 0.172. The SMILES string of the molecule is CCOc1ccc(C(=O)C(C#N)CC)cc1OCC. The van der Waals surface area contributed by atoms with Crippen molar-refractivity contribution in [3.8, 4) is 17.6 Å². The van der Waals surface area contributed by atoms with Crippen LogP contribution < -0.4 is 9.47 Å². The third-order valence-electron chi connectivity index (χ3n) is 2.71. The fourth-order valence-electron chi connectivity index (χ4n) is 1.74. The molecule has 1 unspecified atom stereocenters. The van der Waals surface area contributed by atoms with Gasteiger partial charge in [-0.15, -0.1) is 0 Å². The Morgan fingerprint density at radius 3 is 2.37 bits per heavy atom. The van der Waals surface area contributed by atoms with Crippen molar-refractivity contribution in [1.82, 2.24) is 0 Å². The summed E-state index contributed by atoms with van der Waals surface area (Å²) in [6.45, 7) is 6.60. The molecule has 0 aliphatic carbocycles. The molecular formula is C15H19NO3. The predicted octanol–water partition coefficient (Wildman–Crippen LogP) is 3.22. The molecule has 0 aliphatic heterocycles. The number of Topliss-reactive ketones (excluding diaryl/α,β-unsaturated/α-hetero) is 1. The molecule has 0 N–H and O–H groups in total. The van der Waals surface area contributed by atoms with Gasteiger partial charge in [-0.25, -0.2) is 0 Å². The first kappa shape index (κ1) is 15.0. The van der Waals surface area contributed by atoms with Crippen molar-refractivity contribution in [2.75, 3.05) is 13.2 Å². The van der Waals surface area contributed by atoms with Crippen molar-refractivity contribution in [3.63, 3.8) is 0 Å². The maximum absolute atomic E-state index is 12.1. The Morgan fingerprint density at radius 1 is 1.21 bits per heavy atom. The summed E-state index contributed by atoms with van der Waals surface area (Å²) < 4.78 is 10.9. The lowest BCUT2D eigenvalue weighted by Crippen LogP contribution is -2.12. The third kappa shape index (κ3) is 3.72. The summed E-state index contributed by atoms with van der Waals surface area (Å²) in [5.41, 5.74) is 0.486. The van der Waals surface area contributed by atoms with E-state index in [-0.39, 0.29) is 5.78 Å². The number of hydrogen-bond donors (Lipinski definition) is 0. The van der Waals surface area contributed by atoms with E-state index in [9.17, 15) is 4.79 Å². The van der Waals surface area contributed by atoms with Crippen LogP contribution in [0.4, 0.5) is 0 Å². The molecule has 0 amide bonds. The fourth-order valence-corrected chi connectivity index (χ4v) is 1.74. The highest BCUT2D eigenvalue weighted by molar-refractivity contribution is 5.99. The molecule has 19 heavy (non-hydrogen) atoms. The number of rotatable bonds is 7. The summed E-state index contributed by atoms with van der Waals surface area (Å²) >= 11 is 0. The van der Waals surface area contributed by atoms with E-state index in [0.29, 0.717) is 36.7 Å². The Bertz CT molecular complexity index is 477. The number of nitriles is 1. The molecule has 0 radical (unpaired) electrons. The Balaban J connectivity index is 3.07. The van der Waals surface area contributed by atoms with Crippen molar-refractivity contribution in [3.05, 3.63) is 23.8 Å². The normalized spacial score (nSPS) is 11.5. The number of ketones is 1. The second-order valence-electron chi connectivity index (χ2n) is 3.98. The van der Waals surface area contributed by atoms with Gasteiger partial charge in [-0.05, 0) is 38.5 Å². The van der Waals surface area contributed by atoms with Crippen LogP contribution in [0.15, 0.2) is 18.2 Å². The molecule has 4 nitrogen and oxygen atoms in total. The van der Waals surface area contributed by atoms with Gasteiger partial charge in [0.2, 0.25) is 0 Å². The number of carbonyl (C=O) groups excluding carboxylic acids is 1. The molecule has 0 spiro atoms. The van der Waals surface area contributed by atoms with Crippen LogP contribution in [-0.4, -0.2) is 19.0 Å². The summed E-state index contributed by atoms with van der Waals surface area (Å²) in [5.74, 6) is 0.385. The molecule has 0 aromatic heterocycles. The van der Waals surface area contributed by atoms with E-state index in [4.69, 9.17) is 14.7 Å². The molecule has 1 aromatic rings. The summed E-state index contributed by atoms with van der Waals surface area (Å²) in [7, 11) is 0. The van der Waals surface area contributed by atoms with Crippen LogP contribution in [-0.2, 0) is 0 Å². The van der Waals surface area contributed by atoms with Crippen LogP contribution >= 0.6 is 0 Å². The molecule has 0 bridgehead atoms. The molecule has 0 fully saturated rings. The zero-order valence-electron chi connectivity index (χ0n) is 11.6. The first-order valence-electron chi connectivity index (χ1n) is 6.51. The van der Waals surface area contributed by atoms with Crippen LogP contribution in [0.3, 0.4) is 0 Å². The van der Waals surface area contributed by atoms with Gasteiger partial charge < -0.3 is 9.47 Å². The summed E-state index contributed by atoms with van der Waals surface area (Å²) in [4.78, 5) is 12.1. The number of benzene rings is 1. The van der Waals surface area contributed by atoms with Crippen molar-refractivity contribution in [2.24, 2.45) is 5.92 Å². The summed E-state index contributed by atoms with van der Waals surface area (Å²) in [5, 5.41) is 8.94. The van der Waals surface area contributed by atoms with Crippen molar-refractivity contribution >= 4 is 5.78 Å². The molecule has 1 atom stereocenters. The van der Waals surface area contributed by atoms with Crippen LogP contribution in [0, 0.1) is 17.2 Å². The molecular weight excluding hydrogens is 242 g/mol. The van der Waals surface area contributed by atoms with Crippen molar-refractivity contribution < 1.29 is 14.3 Å². The first-order chi connectivity index (χ1) is 9.17. The second kappa shape index (κ2) is 7.42. The van der Waals surface area contributed by atoms with E-state index < -0.39 is 5.92 Å². The lowest BCUT2D eigenvalue weighted by atomic mass is 9.96. The van der Waals surface area contributed by atoms with E-state index >= 15 is 0 Å². The summed E-state index contributed by atoms with van der Waals surface area (Å²) in [6, 6.07) is 7.06. The largest absolute Gasteiger partial charge is 0.490 e. The molecule has 0 saturated carbocycles. The molecule has 0 aliphatic rings. The average Bonchev–Trinajstić information content (AvgIpc) is 2.42. The van der Waals surface area contributed by atoms with E-state index in [1.807, 2.05) is 26.8 Å². The molecule has 0 saturated heterocycles. The standard InChI is InChI=1S/C15H19NO3/c1-4-11(10-16)15(17)12-7-8-13(18-5-2)14(9-12)19-6-3/h7-9,11H,4-6H2,1-3H3. The first-order valence-corrected chi connectivity index (χ1v) is 6.51. The van der Waals surface area contributed by atoms with Gasteiger partial charge in [0.15, 0.2) is 17.3 Å². The van der Waals surface area contributed by atoms with Gasteiger partial charge in [0.1, 0.15) is 5.92 Å². The van der Waals surface area contributed by atoms with Gasteiger partial charge in [-0.1, -0.05) is 6.92 Å². The lowest BCUT2D eigenvalue weighted by Gasteiger charge is -2.12. The highest BCUT2D eigenvalue weighted by Crippen LogP contribution is 2.29. The molecule has 0 heterocycles. The van der Waals surface area contributed by atoms with Gasteiger partial charge in [-0.2, -0.15) is 5.26 Å². The maximum Gasteiger partial charge on any atom is 0.180 e. The average molecular weight is 261 g/mol. The Kier molecular flexibility index (Phi) is 5.87. The van der Waals surface area contributed by atoms with Gasteiger partial charge in [-0.3, -0.25) is 4.79 Å². The minimum Gasteiger partial charge on any atom is -0.490 e. The van der Waals surface area contributed by atoms with Gasteiger partial charge in [0.05, 0.1) is 19.3 Å². The molecule has 1 aromatic carbocycles. The lowest BCUT2D eigenvalue weighted by molar-refractivity contribution is 0.0946. The Hall–Kier alpha value is -2.02. The van der Waals surface area contributed by atoms with Crippen LogP contribution in [0.5, 0.6) is 11.5 Å². The fraction of sp³-hybridized carbons (Fsp3) is 0.467. The van der Waals surface area contributed by atoms with E-state index in [0.717, 1.165) is 0 Å². The zero-order valence-corrected chi connectivity index (χ0v) is 11.6. The van der Waals surface area contributed by atoms with E-state index in [2.05, 4.69) is 0 Å². The van der Waals surface area contributed by atoms with E-state index in [1.54, 1.807) is 18.2 Å². The van der Waals surface area contributed by atoms with Crippen LogP contribution in [0.1, 0.15) is 37.6 Å². The minimum atomic E-state index is -0.604. The highest BCUT2D eigenvalue weighted by Gasteiger charge is 2.19. The summed E-state index contributed by atoms with van der Waals surface area (Å²) in [6.07, 6.45) is 0.506. The number of hydrogen-bond acceptors (Lipinski definition) is 4. The van der Waals surface area contributed by atoms with Gasteiger partial charge in [0.25, 0.3) is 0 Å². The maximum atomic E-state index is 12.1. The number of ether oxygens (including phenoxy) is 2. The van der Waals surface area contributed by atoms with Crippen molar-refractivity contribution in [2.45, 2.75) is 27.2 Å². The molecule has 1 rings (SSSR count). The van der Waals surface area contributed by atoms with Crippen LogP contribution in [0.2, 0.25) is 0 Å².